The number of pyridine rings is 1. The Labute approximate surface area is 199 Å². The Hall–Kier alpha value is -3.91. The van der Waals surface area contributed by atoms with Gasteiger partial charge >= 0.3 is 0 Å². The lowest BCUT2D eigenvalue weighted by Gasteiger charge is -2.16. The molecule has 4 aromatic rings. The Kier molecular flexibility index (Phi) is 6.26. The van der Waals surface area contributed by atoms with Gasteiger partial charge in [-0.3, -0.25) is 9.52 Å². The first-order valence-electron chi connectivity index (χ1n) is 10.7. The van der Waals surface area contributed by atoms with E-state index in [0.717, 1.165) is 22.0 Å². The average Bonchev–Trinajstić information content (AvgIpc) is 2.81. The van der Waals surface area contributed by atoms with Crippen LogP contribution >= 0.6 is 0 Å². The number of benzene rings is 3. The van der Waals surface area contributed by atoms with Crippen molar-refractivity contribution in [1.82, 2.24) is 0 Å². The third-order valence-corrected chi connectivity index (χ3v) is 7.02. The highest BCUT2D eigenvalue weighted by Gasteiger charge is 2.23. The van der Waals surface area contributed by atoms with Crippen LogP contribution in [0.5, 0.6) is 5.75 Å². The molecule has 34 heavy (non-hydrogen) atoms. The summed E-state index contributed by atoms with van der Waals surface area (Å²) in [5.41, 5.74) is 3.91. The van der Waals surface area contributed by atoms with Gasteiger partial charge in [-0.1, -0.05) is 30.3 Å². The molecule has 2 N–H and O–H groups in total. The van der Waals surface area contributed by atoms with Crippen LogP contribution < -0.4 is 19.3 Å². The molecule has 0 aliphatic rings. The van der Waals surface area contributed by atoms with Crippen molar-refractivity contribution in [2.75, 3.05) is 17.1 Å². The Balaban J connectivity index is 1.67. The number of aryl methyl sites for hydroxylation is 3. The van der Waals surface area contributed by atoms with Gasteiger partial charge in [0.1, 0.15) is 23.3 Å². The Morgan fingerprint density at radius 1 is 0.941 bits per heavy atom. The molecule has 0 saturated heterocycles. The first-order valence-corrected chi connectivity index (χ1v) is 12.1. The second kappa shape index (κ2) is 9.15. The van der Waals surface area contributed by atoms with Crippen LogP contribution in [-0.4, -0.2) is 21.4 Å². The van der Waals surface area contributed by atoms with Crippen LogP contribution in [-0.2, 0) is 17.1 Å². The van der Waals surface area contributed by atoms with E-state index in [1.165, 1.54) is 19.2 Å². The van der Waals surface area contributed by atoms with Crippen LogP contribution in [0, 0.1) is 13.8 Å². The molecule has 174 valence electrons. The Morgan fingerprint density at radius 3 is 2.35 bits per heavy atom. The minimum atomic E-state index is -3.99. The minimum Gasteiger partial charge on any atom is -0.495 e. The van der Waals surface area contributed by atoms with E-state index in [2.05, 4.69) is 10.0 Å². The average molecular weight is 477 g/mol. The summed E-state index contributed by atoms with van der Waals surface area (Å²) in [6, 6.07) is 19.6. The van der Waals surface area contributed by atoms with E-state index in [9.17, 15) is 13.2 Å². The molecule has 0 saturated carbocycles. The fourth-order valence-corrected chi connectivity index (χ4v) is 5.27. The molecule has 3 aromatic carbocycles. The van der Waals surface area contributed by atoms with Crippen molar-refractivity contribution in [2.45, 2.75) is 18.7 Å². The fourth-order valence-electron chi connectivity index (χ4n) is 3.87. The van der Waals surface area contributed by atoms with Gasteiger partial charge in [0.05, 0.1) is 12.8 Å². The number of rotatable bonds is 6. The predicted octanol–water partition coefficient (Wildman–Crippen LogP) is 4.34. The second-order valence-corrected chi connectivity index (χ2v) is 9.74. The second-order valence-electron chi connectivity index (χ2n) is 8.09. The SMILES string of the molecule is COc1ccc(NC(=O)c2cc3ccccc3[n+](C)c2)cc1S(=O)(=O)Nc1c(C)cccc1C. The van der Waals surface area contributed by atoms with E-state index in [4.69, 9.17) is 4.74 Å². The van der Waals surface area contributed by atoms with Gasteiger partial charge in [0, 0.05) is 17.1 Å². The standard InChI is InChI=1S/C26H25N3O4S/c1-17-8-7-9-18(2)25(17)28-34(31,32)24-15-21(12-13-23(24)33-4)27-26(30)20-14-19-10-5-6-11-22(19)29(3)16-20/h5-16,28H,1-4H3/p+1. The number of nitrogens with zero attached hydrogens (tertiary/aromatic N) is 1. The maximum atomic E-state index is 13.3. The normalized spacial score (nSPS) is 11.3. The largest absolute Gasteiger partial charge is 0.495 e. The summed E-state index contributed by atoms with van der Waals surface area (Å²) in [4.78, 5) is 12.9. The predicted molar refractivity (Wildman–Crippen MR) is 133 cm³/mol. The number of amides is 1. The van der Waals surface area contributed by atoms with Crippen LogP contribution in [0.2, 0.25) is 0 Å². The van der Waals surface area contributed by atoms with Gasteiger partial charge in [0.15, 0.2) is 6.20 Å². The molecule has 0 atom stereocenters. The van der Waals surface area contributed by atoms with Crippen molar-refractivity contribution < 1.29 is 22.5 Å². The lowest BCUT2D eigenvalue weighted by Crippen LogP contribution is -2.30. The molecule has 7 nitrogen and oxygen atoms in total. The van der Waals surface area contributed by atoms with Gasteiger partial charge in [-0.05, 0) is 55.3 Å². The number of hydrogen-bond acceptors (Lipinski definition) is 4. The number of sulfonamides is 1. The highest BCUT2D eigenvalue weighted by molar-refractivity contribution is 7.92. The summed E-state index contributed by atoms with van der Waals surface area (Å²) in [5.74, 6) is -0.175. The van der Waals surface area contributed by atoms with Crippen LogP contribution in [0.4, 0.5) is 11.4 Å². The molecule has 1 heterocycles. The number of fused-ring (bicyclic) bond motifs is 1. The smallest absolute Gasteiger partial charge is 0.265 e. The quantitative estimate of drug-likeness (QED) is 0.405. The monoisotopic (exact) mass is 476 g/mol. The topological polar surface area (TPSA) is 88.4 Å². The third-order valence-electron chi connectivity index (χ3n) is 5.65. The third kappa shape index (κ3) is 4.58. The molecule has 8 heteroatoms. The molecule has 1 aromatic heterocycles. The van der Waals surface area contributed by atoms with Crippen molar-refractivity contribution in [3.8, 4) is 5.75 Å². The molecule has 0 radical (unpaired) electrons. The van der Waals surface area contributed by atoms with Gasteiger partial charge in [-0.15, -0.1) is 0 Å². The minimum absolute atomic E-state index is 0.0699. The number of carbonyl (C=O) groups is 1. The van der Waals surface area contributed by atoms with E-state index in [-0.39, 0.29) is 16.6 Å². The summed E-state index contributed by atoms with van der Waals surface area (Å²) in [5, 5.41) is 3.73. The zero-order chi connectivity index (χ0) is 24.5. The summed E-state index contributed by atoms with van der Waals surface area (Å²) in [6.45, 7) is 3.67. The fraction of sp³-hybridized carbons (Fsp3) is 0.154. The first kappa shape index (κ1) is 23.3. The van der Waals surface area contributed by atoms with Gasteiger partial charge in [0.25, 0.3) is 15.9 Å². The first-order chi connectivity index (χ1) is 16.2. The van der Waals surface area contributed by atoms with Gasteiger partial charge in [-0.2, -0.15) is 0 Å². The maximum Gasteiger partial charge on any atom is 0.265 e. The summed E-state index contributed by atoms with van der Waals surface area (Å²) in [6.07, 6.45) is 1.74. The van der Waals surface area contributed by atoms with E-state index in [1.807, 2.05) is 67.9 Å². The lowest BCUT2D eigenvalue weighted by molar-refractivity contribution is -0.645. The van der Waals surface area contributed by atoms with E-state index >= 15 is 0 Å². The van der Waals surface area contributed by atoms with E-state index in [0.29, 0.717) is 16.9 Å². The maximum absolute atomic E-state index is 13.3. The number of ether oxygens (including phenoxy) is 1. The number of hydrogen-bond donors (Lipinski definition) is 2. The number of nitrogens with one attached hydrogen (secondary N) is 2. The van der Waals surface area contributed by atoms with Gasteiger partial charge < -0.3 is 10.1 Å². The number of anilines is 2. The highest BCUT2D eigenvalue weighted by atomic mass is 32.2. The van der Waals surface area contributed by atoms with Gasteiger partial charge in [-0.25, -0.2) is 13.0 Å². The summed E-state index contributed by atoms with van der Waals surface area (Å²) in [7, 11) is -0.715. The Morgan fingerprint density at radius 2 is 1.65 bits per heavy atom. The molecule has 4 rings (SSSR count). The van der Waals surface area contributed by atoms with E-state index in [1.54, 1.807) is 18.3 Å². The molecular weight excluding hydrogens is 450 g/mol. The van der Waals surface area contributed by atoms with Crippen molar-refractivity contribution >= 4 is 38.2 Å². The van der Waals surface area contributed by atoms with Crippen molar-refractivity contribution in [2.24, 2.45) is 7.05 Å². The van der Waals surface area contributed by atoms with Crippen LogP contribution in [0.15, 0.2) is 77.8 Å². The van der Waals surface area contributed by atoms with E-state index < -0.39 is 10.0 Å². The highest BCUT2D eigenvalue weighted by Crippen LogP contribution is 2.31. The molecule has 0 aliphatic heterocycles. The number of carbonyl (C=O) groups excluding carboxylic acids is 1. The lowest BCUT2D eigenvalue weighted by atomic mass is 10.1. The number of methoxy groups -OCH3 is 1. The van der Waals surface area contributed by atoms with Crippen LogP contribution in [0.1, 0.15) is 21.5 Å². The van der Waals surface area contributed by atoms with Crippen molar-refractivity contribution in [1.29, 1.82) is 0 Å². The number of aromatic nitrogens is 1. The molecule has 0 unspecified atom stereocenters. The Bertz CT molecular complexity index is 1490. The van der Waals surface area contributed by atoms with Crippen LogP contribution in [0.25, 0.3) is 10.9 Å². The molecule has 0 bridgehead atoms. The van der Waals surface area contributed by atoms with Gasteiger partial charge in [0.2, 0.25) is 5.52 Å². The van der Waals surface area contributed by atoms with Crippen molar-refractivity contribution in [3.05, 3.63) is 89.6 Å². The van der Waals surface area contributed by atoms with Crippen molar-refractivity contribution in [3.63, 3.8) is 0 Å². The summed E-state index contributed by atoms with van der Waals surface area (Å²) >= 11 is 0. The summed E-state index contributed by atoms with van der Waals surface area (Å²) < 4.78 is 36.4. The molecule has 1 amide bonds. The zero-order valence-corrected chi connectivity index (χ0v) is 20.2. The van der Waals surface area contributed by atoms with Crippen LogP contribution in [0.3, 0.4) is 0 Å². The molecular formula is C26H26N3O4S+. The molecule has 0 spiro atoms. The molecule has 0 fully saturated rings. The zero-order valence-electron chi connectivity index (χ0n) is 19.4. The number of para-hydroxylation sites is 2. The molecule has 0 aliphatic carbocycles.